The zero-order valence-electron chi connectivity index (χ0n) is 12.4. The zero-order chi connectivity index (χ0) is 12.7. The van der Waals surface area contributed by atoms with Crippen molar-refractivity contribution in [1.82, 2.24) is 9.80 Å². The van der Waals surface area contributed by atoms with Crippen molar-refractivity contribution in [2.45, 2.75) is 60.8 Å². The lowest BCUT2D eigenvalue weighted by atomic mass is 9.95. The van der Waals surface area contributed by atoms with E-state index in [1.807, 2.05) is 0 Å². The van der Waals surface area contributed by atoms with Crippen LogP contribution in [0.15, 0.2) is 0 Å². The van der Waals surface area contributed by atoms with Gasteiger partial charge in [0.2, 0.25) is 0 Å². The summed E-state index contributed by atoms with van der Waals surface area (Å²) in [6.07, 6.45) is 7.03. The summed E-state index contributed by atoms with van der Waals surface area (Å²) in [5, 5.41) is 0. The van der Waals surface area contributed by atoms with Crippen LogP contribution in [0, 0.1) is 11.8 Å². The van der Waals surface area contributed by atoms with Gasteiger partial charge in [0, 0.05) is 0 Å². The molecule has 2 heterocycles. The standard InChI is InChI=1S/C8H17N.C7H15N.2CH4/c1-3-8-4-6-9(2)7-5-8;1-7-3-5-8(2)6-4-7;;/h8H,3-7H2,1-2H3;7H,3-6H2,1-2H3;2*1H4. The molecule has 0 unspecified atom stereocenters. The molecule has 0 atom stereocenters. The fraction of sp³-hybridized carbons (Fsp3) is 1.00. The van der Waals surface area contributed by atoms with E-state index in [0.29, 0.717) is 0 Å². The summed E-state index contributed by atoms with van der Waals surface area (Å²) >= 11 is 0. The minimum Gasteiger partial charge on any atom is -0.306 e. The first kappa shape index (κ1) is 21.2. The summed E-state index contributed by atoms with van der Waals surface area (Å²) in [5.74, 6) is 2.01. The Labute approximate surface area is 123 Å². The van der Waals surface area contributed by atoms with Crippen LogP contribution >= 0.6 is 0 Å². The molecule has 0 saturated carbocycles. The van der Waals surface area contributed by atoms with Gasteiger partial charge in [-0.15, -0.1) is 0 Å². The molecule has 0 aromatic rings. The predicted octanol–water partition coefficient (Wildman–Crippen LogP) is 4.36. The van der Waals surface area contributed by atoms with E-state index in [9.17, 15) is 0 Å². The molecule has 0 aromatic carbocycles. The molecule has 2 nitrogen and oxygen atoms in total. The van der Waals surface area contributed by atoms with Crippen LogP contribution in [0.1, 0.15) is 60.8 Å². The molecule has 2 rings (SSSR count). The Morgan fingerprint density at radius 1 is 0.789 bits per heavy atom. The first-order valence-corrected chi connectivity index (χ1v) is 7.49. The molecule has 118 valence electrons. The highest BCUT2D eigenvalue weighted by Gasteiger charge is 2.13. The maximum Gasteiger partial charge on any atom is -0.00191 e. The highest BCUT2D eigenvalue weighted by Crippen LogP contribution is 2.18. The smallest absolute Gasteiger partial charge is 0.00191 e. The van der Waals surface area contributed by atoms with Gasteiger partial charge in [0.15, 0.2) is 0 Å². The van der Waals surface area contributed by atoms with Gasteiger partial charge in [-0.3, -0.25) is 0 Å². The Morgan fingerprint density at radius 3 is 1.47 bits per heavy atom. The number of hydrogen-bond acceptors (Lipinski definition) is 2. The van der Waals surface area contributed by atoms with Gasteiger partial charge in [-0.1, -0.05) is 35.1 Å². The zero-order valence-corrected chi connectivity index (χ0v) is 12.4. The van der Waals surface area contributed by atoms with Gasteiger partial charge < -0.3 is 9.80 Å². The molecule has 0 radical (unpaired) electrons. The summed E-state index contributed by atoms with van der Waals surface area (Å²) in [6, 6.07) is 0. The van der Waals surface area contributed by atoms with Gasteiger partial charge in [-0.2, -0.15) is 0 Å². The van der Waals surface area contributed by atoms with Crippen LogP contribution in [0.4, 0.5) is 0 Å². The summed E-state index contributed by atoms with van der Waals surface area (Å²) < 4.78 is 0. The first-order valence-electron chi connectivity index (χ1n) is 7.49. The molecule has 2 saturated heterocycles. The second-order valence-corrected chi connectivity index (χ2v) is 6.14. The molecule has 2 aliphatic rings. The Bertz CT molecular complexity index is 168. The quantitative estimate of drug-likeness (QED) is 0.700. The van der Waals surface area contributed by atoms with Gasteiger partial charge in [0.25, 0.3) is 0 Å². The van der Waals surface area contributed by atoms with Gasteiger partial charge in [0.05, 0.1) is 0 Å². The molecule has 0 amide bonds. The molecule has 0 bridgehead atoms. The Morgan fingerprint density at radius 2 is 1.16 bits per heavy atom. The van der Waals surface area contributed by atoms with E-state index in [1.54, 1.807) is 0 Å². The van der Waals surface area contributed by atoms with Crippen LogP contribution in [-0.4, -0.2) is 50.1 Å². The van der Waals surface area contributed by atoms with Crippen molar-refractivity contribution in [2.24, 2.45) is 11.8 Å². The van der Waals surface area contributed by atoms with Crippen LogP contribution < -0.4 is 0 Å². The molecular weight excluding hydrogens is 232 g/mol. The minimum atomic E-state index is 0. The second kappa shape index (κ2) is 11.7. The molecule has 0 aliphatic carbocycles. The fourth-order valence-electron chi connectivity index (χ4n) is 2.61. The SMILES string of the molecule is C.C.CC1CCN(C)CC1.CCC1CCN(C)CC1. The lowest BCUT2D eigenvalue weighted by Gasteiger charge is -2.27. The minimum absolute atomic E-state index is 0. The average Bonchev–Trinajstić information content (AvgIpc) is 2.35. The number of piperidine rings is 2. The fourth-order valence-corrected chi connectivity index (χ4v) is 2.61. The van der Waals surface area contributed by atoms with Crippen LogP contribution in [0.3, 0.4) is 0 Å². The van der Waals surface area contributed by atoms with Crippen molar-refractivity contribution < 1.29 is 0 Å². The monoisotopic (exact) mass is 272 g/mol. The molecular formula is C17H40N2. The lowest BCUT2D eigenvalue weighted by molar-refractivity contribution is 0.216. The van der Waals surface area contributed by atoms with E-state index in [-0.39, 0.29) is 14.9 Å². The van der Waals surface area contributed by atoms with Crippen molar-refractivity contribution in [3.05, 3.63) is 0 Å². The molecule has 0 N–H and O–H groups in total. The summed E-state index contributed by atoms with van der Waals surface area (Å²) in [5.41, 5.74) is 0. The lowest BCUT2D eigenvalue weighted by Crippen LogP contribution is -2.29. The maximum absolute atomic E-state index is 2.42. The van der Waals surface area contributed by atoms with Crippen LogP contribution in [0.5, 0.6) is 0 Å². The van der Waals surface area contributed by atoms with Crippen LogP contribution in [0.2, 0.25) is 0 Å². The summed E-state index contributed by atoms with van der Waals surface area (Å²) in [4.78, 5) is 4.83. The van der Waals surface area contributed by atoms with E-state index < -0.39 is 0 Å². The maximum atomic E-state index is 2.42. The highest BCUT2D eigenvalue weighted by atomic mass is 15.1. The van der Waals surface area contributed by atoms with Gasteiger partial charge in [-0.05, 0) is 77.8 Å². The van der Waals surface area contributed by atoms with Crippen LogP contribution in [0.25, 0.3) is 0 Å². The second-order valence-electron chi connectivity index (χ2n) is 6.14. The summed E-state index contributed by atoms with van der Waals surface area (Å²) in [7, 11) is 4.41. The number of rotatable bonds is 1. The van der Waals surface area contributed by atoms with Crippen molar-refractivity contribution >= 4 is 0 Å². The van der Waals surface area contributed by atoms with E-state index in [0.717, 1.165) is 11.8 Å². The Hall–Kier alpha value is -0.0800. The number of likely N-dealkylation sites (tertiary alicyclic amines) is 2. The average molecular weight is 273 g/mol. The van der Waals surface area contributed by atoms with Gasteiger partial charge >= 0.3 is 0 Å². The van der Waals surface area contributed by atoms with Crippen molar-refractivity contribution in [3.8, 4) is 0 Å². The third-order valence-electron chi connectivity index (χ3n) is 4.42. The van der Waals surface area contributed by atoms with E-state index >= 15 is 0 Å². The van der Waals surface area contributed by atoms with E-state index in [2.05, 4.69) is 37.7 Å². The summed E-state index contributed by atoms with van der Waals surface area (Å²) in [6.45, 7) is 9.89. The number of nitrogens with zero attached hydrogens (tertiary/aromatic N) is 2. The molecule has 19 heavy (non-hydrogen) atoms. The van der Waals surface area contributed by atoms with E-state index in [4.69, 9.17) is 0 Å². The third-order valence-corrected chi connectivity index (χ3v) is 4.42. The third kappa shape index (κ3) is 9.45. The number of hydrogen-bond donors (Lipinski definition) is 0. The first-order chi connectivity index (χ1) is 8.11. The molecule has 2 aliphatic heterocycles. The van der Waals surface area contributed by atoms with Crippen molar-refractivity contribution in [3.63, 3.8) is 0 Å². The molecule has 0 spiro atoms. The molecule has 2 heteroatoms. The van der Waals surface area contributed by atoms with Gasteiger partial charge in [-0.25, -0.2) is 0 Å². The predicted molar refractivity (Wildman–Crippen MR) is 89.9 cm³/mol. The highest BCUT2D eigenvalue weighted by molar-refractivity contribution is 4.68. The topological polar surface area (TPSA) is 6.48 Å². The van der Waals surface area contributed by atoms with Crippen molar-refractivity contribution in [1.29, 1.82) is 0 Å². The van der Waals surface area contributed by atoms with Crippen molar-refractivity contribution in [2.75, 3.05) is 40.3 Å². The van der Waals surface area contributed by atoms with Crippen LogP contribution in [-0.2, 0) is 0 Å². The normalized spacial score (nSPS) is 22.7. The van der Waals surface area contributed by atoms with E-state index in [1.165, 1.54) is 58.3 Å². The Kier molecular flexibility index (Phi) is 13.1. The van der Waals surface area contributed by atoms with Gasteiger partial charge in [0.1, 0.15) is 0 Å². The molecule has 0 aromatic heterocycles. The Balaban J connectivity index is 0. The largest absolute Gasteiger partial charge is 0.306 e. The molecule has 2 fully saturated rings.